The summed E-state index contributed by atoms with van der Waals surface area (Å²) >= 11 is 1.89. The molecule has 2 aromatic rings. The quantitative estimate of drug-likeness (QED) is 0.739. The molecule has 1 heterocycles. The van der Waals surface area contributed by atoms with Crippen LogP contribution >= 0.6 is 11.3 Å². The van der Waals surface area contributed by atoms with Gasteiger partial charge < -0.3 is 5.32 Å². The summed E-state index contributed by atoms with van der Waals surface area (Å²) < 4.78 is 1.48. The fourth-order valence-corrected chi connectivity index (χ4v) is 4.96. The molecule has 114 valence electrons. The van der Waals surface area contributed by atoms with E-state index in [0.29, 0.717) is 11.5 Å². The van der Waals surface area contributed by atoms with Crippen molar-refractivity contribution in [2.24, 2.45) is 11.3 Å². The van der Waals surface area contributed by atoms with Gasteiger partial charge in [0.15, 0.2) is 0 Å². The summed E-state index contributed by atoms with van der Waals surface area (Å²) in [7, 11) is 0. The first-order valence-corrected chi connectivity index (χ1v) is 9.21. The second-order valence-electron chi connectivity index (χ2n) is 7.11. The van der Waals surface area contributed by atoms with Gasteiger partial charge in [0.05, 0.1) is 0 Å². The fourth-order valence-electron chi connectivity index (χ4n) is 4.00. The van der Waals surface area contributed by atoms with Gasteiger partial charge in [-0.05, 0) is 59.5 Å². The number of hydrogen-bond donors (Lipinski definition) is 1. The molecule has 0 spiro atoms. The lowest BCUT2D eigenvalue weighted by Gasteiger charge is -2.35. The van der Waals surface area contributed by atoms with E-state index in [1.165, 1.54) is 41.3 Å². The highest BCUT2D eigenvalue weighted by molar-refractivity contribution is 7.17. The number of nitrogens with one attached hydrogen (secondary N) is 1. The molecule has 2 unspecified atom stereocenters. The number of thiophene rings is 1. The van der Waals surface area contributed by atoms with Crippen molar-refractivity contribution in [3.8, 4) is 0 Å². The topological polar surface area (TPSA) is 12.0 Å². The standard InChI is InChI=1S/C19H27NS/c1-4-12-20-17(16-9-6-11-19(16,2)3)15-8-5-7-14-10-13-21-18(14)15/h5,7-8,10,13,16-17,20H,4,6,9,11-12H2,1-3H3. The second-order valence-corrected chi connectivity index (χ2v) is 8.02. The Morgan fingerprint density at radius 1 is 1.33 bits per heavy atom. The minimum Gasteiger partial charge on any atom is -0.310 e. The molecular formula is C19H27NS. The molecule has 1 aliphatic carbocycles. The molecule has 1 aromatic heterocycles. The van der Waals surface area contributed by atoms with Gasteiger partial charge in [-0.2, -0.15) is 0 Å². The minimum atomic E-state index is 0.449. The first-order chi connectivity index (χ1) is 10.1. The van der Waals surface area contributed by atoms with Crippen molar-refractivity contribution in [3.63, 3.8) is 0 Å². The largest absolute Gasteiger partial charge is 0.310 e. The van der Waals surface area contributed by atoms with Gasteiger partial charge >= 0.3 is 0 Å². The van der Waals surface area contributed by atoms with Crippen molar-refractivity contribution >= 4 is 21.4 Å². The zero-order valence-corrected chi connectivity index (χ0v) is 14.3. The van der Waals surface area contributed by atoms with E-state index in [1.54, 1.807) is 0 Å². The molecule has 3 rings (SSSR count). The third-order valence-corrected chi connectivity index (χ3v) is 6.18. The first-order valence-electron chi connectivity index (χ1n) is 8.33. The van der Waals surface area contributed by atoms with E-state index in [1.807, 2.05) is 11.3 Å². The molecule has 1 aromatic carbocycles. The molecule has 21 heavy (non-hydrogen) atoms. The van der Waals surface area contributed by atoms with Crippen LogP contribution in [0.5, 0.6) is 0 Å². The fraction of sp³-hybridized carbons (Fsp3) is 0.579. The van der Waals surface area contributed by atoms with Crippen LogP contribution in [-0.4, -0.2) is 6.54 Å². The zero-order chi connectivity index (χ0) is 14.9. The number of hydrogen-bond acceptors (Lipinski definition) is 2. The van der Waals surface area contributed by atoms with E-state index in [4.69, 9.17) is 0 Å². The lowest BCUT2D eigenvalue weighted by molar-refractivity contribution is 0.198. The van der Waals surface area contributed by atoms with Crippen molar-refractivity contribution in [1.29, 1.82) is 0 Å². The molecule has 1 fully saturated rings. The van der Waals surface area contributed by atoms with Gasteiger partial charge in [0.2, 0.25) is 0 Å². The Bertz CT molecular complexity index is 598. The average Bonchev–Trinajstić information content (AvgIpc) is 3.06. The van der Waals surface area contributed by atoms with Crippen LogP contribution in [0.1, 0.15) is 58.1 Å². The summed E-state index contributed by atoms with van der Waals surface area (Å²) in [6.07, 6.45) is 5.30. The van der Waals surface area contributed by atoms with Crippen LogP contribution in [0, 0.1) is 11.3 Å². The maximum atomic E-state index is 3.87. The predicted octanol–water partition coefficient (Wildman–Crippen LogP) is 5.77. The Hall–Kier alpha value is -0.860. The summed E-state index contributed by atoms with van der Waals surface area (Å²) in [4.78, 5) is 0. The number of rotatable bonds is 5. The summed E-state index contributed by atoms with van der Waals surface area (Å²) in [5.41, 5.74) is 1.97. The van der Waals surface area contributed by atoms with E-state index in [-0.39, 0.29) is 0 Å². The summed E-state index contributed by atoms with van der Waals surface area (Å²) in [6.45, 7) is 8.29. The zero-order valence-electron chi connectivity index (χ0n) is 13.5. The van der Waals surface area contributed by atoms with Crippen molar-refractivity contribution in [2.45, 2.75) is 52.5 Å². The molecular weight excluding hydrogens is 274 g/mol. The van der Waals surface area contributed by atoms with Gasteiger partial charge in [0.1, 0.15) is 0 Å². The maximum Gasteiger partial charge on any atom is 0.0390 e. The number of benzene rings is 1. The van der Waals surface area contributed by atoms with Gasteiger partial charge in [-0.3, -0.25) is 0 Å². The van der Waals surface area contributed by atoms with Crippen LogP contribution in [0.4, 0.5) is 0 Å². The molecule has 1 aliphatic rings. The minimum absolute atomic E-state index is 0.449. The second kappa shape index (κ2) is 6.10. The van der Waals surface area contributed by atoms with Crippen molar-refractivity contribution in [1.82, 2.24) is 5.32 Å². The SMILES string of the molecule is CCCNC(c1cccc2ccsc12)C1CCCC1(C)C. The van der Waals surface area contributed by atoms with E-state index >= 15 is 0 Å². The van der Waals surface area contributed by atoms with Gasteiger partial charge in [-0.1, -0.05) is 45.4 Å². The Kier molecular flexibility index (Phi) is 4.37. The Morgan fingerprint density at radius 3 is 2.90 bits per heavy atom. The van der Waals surface area contributed by atoms with Crippen LogP contribution < -0.4 is 5.32 Å². The highest BCUT2D eigenvalue weighted by atomic mass is 32.1. The van der Waals surface area contributed by atoms with E-state index < -0.39 is 0 Å². The maximum absolute atomic E-state index is 3.87. The van der Waals surface area contributed by atoms with Crippen molar-refractivity contribution in [2.75, 3.05) is 6.54 Å². The van der Waals surface area contributed by atoms with Gasteiger partial charge in [0, 0.05) is 10.7 Å². The molecule has 0 radical (unpaired) electrons. The molecule has 0 saturated heterocycles. The molecule has 0 amide bonds. The van der Waals surface area contributed by atoms with E-state index in [2.05, 4.69) is 55.7 Å². The molecule has 1 nitrogen and oxygen atoms in total. The predicted molar refractivity (Wildman–Crippen MR) is 94.0 cm³/mol. The van der Waals surface area contributed by atoms with Crippen LogP contribution in [0.15, 0.2) is 29.6 Å². The highest BCUT2D eigenvalue weighted by Gasteiger charge is 2.40. The van der Waals surface area contributed by atoms with Crippen LogP contribution in [0.25, 0.3) is 10.1 Å². The Morgan fingerprint density at radius 2 is 2.19 bits per heavy atom. The van der Waals surface area contributed by atoms with Crippen molar-refractivity contribution in [3.05, 3.63) is 35.2 Å². The Labute approximate surface area is 132 Å². The van der Waals surface area contributed by atoms with Crippen molar-refractivity contribution < 1.29 is 0 Å². The van der Waals surface area contributed by atoms with Crippen LogP contribution in [0.3, 0.4) is 0 Å². The van der Waals surface area contributed by atoms with Gasteiger partial charge in [0.25, 0.3) is 0 Å². The average molecular weight is 301 g/mol. The first kappa shape index (κ1) is 15.1. The molecule has 1 N–H and O–H groups in total. The van der Waals surface area contributed by atoms with E-state index in [9.17, 15) is 0 Å². The number of fused-ring (bicyclic) bond motifs is 1. The molecule has 2 heteroatoms. The summed E-state index contributed by atoms with van der Waals surface area (Å²) in [5, 5.41) is 7.50. The third kappa shape index (κ3) is 2.89. The van der Waals surface area contributed by atoms with Gasteiger partial charge in [-0.25, -0.2) is 0 Å². The normalized spacial score (nSPS) is 22.7. The summed E-state index contributed by atoms with van der Waals surface area (Å²) in [5.74, 6) is 0.747. The molecule has 0 bridgehead atoms. The smallest absolute Gasteiger partial charge is 0.0390 e. The molecule has 2 atom stereocenters. The highest BCUT2D eigenvalue weighted by Crippen LogP contribution is 2.49. The summed E-state index contributed by atoms with van der Waals surface area (Å²) in [6, 6.07) is 9.57. The lowest BCUT2D eigenvalue weighted by Crippen LogP contribution is -2.34. The molecule has 1 saturated carbocycles. The lowest BCUT2D eigenvalue weighted by atomic mass is 9.75. The Balaban J connectivity index is 2.01. The van der Waals surface area contributed by atoms with E-state index in [0.717, 1.165) is 12.5 Å². The van der Waals surface area contributed by atoms with Gasteiger partial charge in [-0.15, -0.1) is 11.3 Å². The van der Waals surface area contributed by atoms with Crippen LogP contribution in [-0.2, 0) is 0 Å². The molecule has 0 aliphatic heterocycles. The third-order valence-electron chi connectivity index (χ3n) is 5.20. The monoisotopic (exact) mass is 301 g/mol. The van der Waals surface area contributed by atoms with Crippen LogP contribution in [0.2, 0.25) is 0 Å².